The smallest absolute Gasteiger partial charge is 0.292 e. The molecule has 2 atom stereocenters. The Balaban J connectivity index is 2.30. The van der Waals surface area contributed by atoms with E-state index in [1.54, 1.807) is 12.1 Å². The Morgan fingerprint density at radius 1 is 1.47 bits per heavy atom. The van der Waals surface area contributed by atoms with E-state index in [-0.39, 0.29) is 22.7 Å². The highest BCUT2D eigenvalue weighted by atomic mass is 16.6. The van der Waals surface area contributed by atoms with Crippen LogP contribution in [0.3, 0.4) is 0 Å². The van der Waals surface area contributed by atoms with Gasteiger partial charge in [-0.25, -0.2) is 0 Å². The summed E-state index contributed by atoms with van der Waals surface area (Å²) in [5, 5.41) is 11.0. The molecule has 92 valence electrons. The zero-order valence-electron chi connectivity index (χ0n) is 9.87. The normalized spacial score (nSPS) is 24.7. The van der Waals surface area contributed by atoms with E-state index in [9.17, 15) is 10.1 Å². The molecule has 1 heterocycles. The number of benzene rings is 1. The molecule has 2 unspecified atom stereocenters. The van der Waals surface area contributed by atoms with E-state index in [1.807, 2.05) is 12.1 Å². The standard InChI is InChI=1S/C12H17N3O2/c1-9-8-10(13)6-7-14(9)11-4-2-3-5-12(11)15(16)17/h2-5,9-10H,6-8,13H2,1H3. The van der Waals surface area contributed by atoms with Crippen LogP contribution in [0.25, 0.3) is 0 Å². The number of anilines is 1. The average molecular weight is 235 g/mol. The molecular weight excluding hydrogens is 218 g/mol. The van der Waals surface area contributed by atoms with Gasteiger partial charge in [-0.05, 0) is 25.8 Å². The number of nitro benzene ring substituents is 1. The molecule has 0 amide bonds. The summed E-state index contributed by atoms with van der Waals surface area (Å²) < 4.78 is 0. The Kier molecular flexibility index (Phi) is 3.28. The number of hydrogen-bond donors (Lipinski definition) is 1. The minimum Gasteiger partial charge on any atom is -0.363 e. The Hall–Kier alpha value is -1.62. The Morgan fingerprint density at radius 2 is 2.18 bits per heavy atom. The van der Waals surface area contributed by atoms with Crippen molar-refractivity contribution in [3.8, 4) is 0 Å². The molecule has 0 bridgehead atoms. The Morgan fingerprint density at radius 3 is 2.82 bits per heavy atom. The minimum absolute atomic E-state index is 0.176. The van der Waals surface area contributed by atoms with Gasteiger partial charge in [0.2, 0.25) is 0 Å². The molecular formula is C12H17N3O2. The van der Waals surface area contributed by atoms with E-state index < -0.39 is 0 Å². The van der Waals surface area contributed by atoms with E-state index >= 15 is 0 Å². The van der Waals surface area contributed by atoms with Gasteiger partial charge in [-0.15, -0.1) is 0 Å². The molecule has 17 heavy (non-hydrogen) atoms. The van der Waals surface area contributed by atoms with Crippen molar-refractivity contribution in [3.63, 3.8) is 0 Å². The van der Waals surface area contributed by atoms with Crippen LogP contribution in [0, 0.1) is 10.1 Å². The predicted octanol–water partition coefficient (Wildman–Crippen LogP) is 1.91. The molecule has 1 aliphatic rings. The fourth-order valence-corrected chi connectivity index (χ4v) is 2.43. The van der Waals surface area contributed by atoms with Crippen molar-refractivity contribution in [2.75, 3.05) is 11.4 Å². The largest absolute Gasteiger partial charge is 0.363 e. The molecule has 0 saturated carbocycles. The van der Waals surface area contributed by atoms with Gasteiger partial charge in [-0.1, -0.05) is 12.1 Å². The van der Waals surface area contributed by atoms with Crippen LogP contribution in [0.4, 0.5) is 11.4 Å². The van der Waals surface area contributed by atoms with Crippen LogP contribution < -0.4 is 10.6 Å². The molecule has 5 heteroatoms. The van der Waals surface area contributed by atoms with Crippen LogP contribution >= 0.6 is 0 Å². The summed E-state index contributed by atoms with van der Waals surface area (Å²) >= 11 is 0. The lowest BCUT2D eigenvalue weighted by Crippen LogP contribution is -2.45. The second-order valence-electron chi connectivity index (χ2n) is 4.57. The number of nitrogens with two attached hydrogens (primary N) is 1. The number of nitrogens with zero attached hydrogens (tertiary/aromatic N) is 2. The maximum absolute atomic E-state index is 11.0. The number of piperidine rings is 1. The highest BCUT2D eigenvalue weighted by Gasteiger charge is 2.27. The van der Waals surface area contributed by atoms with Crippen LogP contribution in [0.2, 0.25) is 0 Å². The van der Waals surface area contributed by atoms with E-state index in [2.05, 4.69) is 11.8 Å². The van der Waals surface area contributed by atoms with Crippen molar-refractivity contribution in [1.82, 2.24) is 0 Å². The van der Waals surface area contributed by atoms with Crippen molar-refractivity contribution in [1.29, 1.82) is 0 Å². The summed E-state index contributed by atoms with van der Waals surface area (Å²) in [5.74, 6) is 0. The summed E-state index contributed by atoms with van der Waals surface area (Å²) in [6.45, 7) is 2.85. The van der Waals surface area contributed by atoms with E-state index in [1.165, 1.54) is 0 Å². The van der Waals surface area contributed by atoms with Gasteiger partial charge in [0.15, 0.2) is 0 Å². The Bertz CT molecular complexity index is 422. The van der Waals surface area contributed by atoms with Crippen molar-refractivity contribution >= 4 is 11.4 Å². The third-order valence-corrected chi connectivity index (χ3v) is 3.30. The average Bonchev–Trinajstić information content (AvgIpc) is 2.29. The predicted molar refractivity (Wildman–Crippen MR) is 67.1 cm³/mol. The van der Waals surface area contributed by atoms with Gasteiger partial charge in [0.1, 0.15) is 5.69 Å². The zero-order chi connectivity index (χ0) is 12.4. The second kappa shape index (κ2) is 4.71. The van der Waals surface area contributed by atoms with Crippen LogP contribution in [-0.4, -0.2) is 23.6 Å². The summed E-state index contributed by atoms with van der Waals surface area (Å²) in [4.78, 5) is 12.8. The molecule has 0 radical (unpaired) electrons. The summed E-state index contributed by atoms with van der Waals surface area (Å²) in [6, 6.07) is 7.36. The first-order valence-corrected chi connectivity index (χ1v) is 5.85. The molecule has 0 spiro atoms. The maximum atomic E-state index is 11.0. The maximum Gasteiger partial charge on any atom is 0.292 e. The molecule has 2 rings (SSSR count). The molecule has 5 nitrogen and oxygen atoms in total. The monoisotopic (exact) mass is 235 g/mol. The van der Waals surface area contributed by atoms with Crippen molar-refractivity contribution in [3.05, 3.63) is 34.4 Å². The van der Waals surface area contributed by atoms with Crippen LogP contribution in [0.5, 0.6) is 0 Å². The minimum atomic E-state index is -0.323. The molecule has 0 aromatic heterocycles. The SMILES string of the molecule is CC1CC(N)CCN1c1ccccc1[N+](=O)[O-]. The first-order valence-electron chi connectivity index (χ1n) is 5.85. The van der Waals surface area contributed by atoms with Crippen LogP contribution in [0.1, 0.15) is 19.8 Å². The molecule has 1 aromatic carbocycles. The zero-order valence-corrected chi connectivity index (χ0v) is 9.87. The highest BCUT2D eigenvalue weighted by Crippen LogP contribution is 2.32. The lowest BCUT2D eigenvalue weighted by molar-refractivity contribution is -0.384. The van der Waals surface area contributed by atoms with Gasteiger partial charge < -0.3 is 10.6 Å². The number of para-hydroxylation sites is 2. The Labute approximate surface area is 100 Å². The van der Waals surface area contributed by atoms with E-state index in [4.69, 9.17) is 5.73 Å². The van der Waals surface area contributed by atoms with Crippen molar-refractivity contribution in [2.45, 2.75) is 31.8 Å². The van der Waals surface area contributed by atoms with Crippen molar-refractivity contribution < 1.29 is 4.92 Å². The fraction of sp³-hybridized carbons (Fsp3) is 0.500. The van der Waals surface area contributed by atoms with Gasteiger partial charge >= 0.3 is 0 Å². The number of nitro groups is 1. The highest BCUT2D eigenvalue weighted by molar-refractivity contribution is 5.63. The molecule has 1 saturated heterocycles. The van der Waals surface area contributed by atoms with Gasteiger partial charge in [0.25, 0.3) is 5.69 Å². The van der Waals surface area contributed by atoms with Crippen LogP contribution in [0.15, 0.2) is 24.3 Å². The topological polar surface area (TPSA) is 72.4 Å². The van der Waals surface area contributed by atoms with Gasteiger partial charge in [-0.3, -0.25) is 10.1 Å². The quantitative estimate of drug-likeness (QED) is 0.627. The number of hydrogen-bond acceptors (Lipinski definition) is 4. The fourth-order valence-electron chi connectivity index (χ4n) is 2.43. The van der Waals surface area contributed by atoms with E-state index in [0.717, 1.165) is 19.4 Å². The molecule has 1 aliphatic heterocycles. The second-order valence-corrected chi connectivity index (χ2v) is 4.57. The molecule has 0 aliphatic carbocycles. The van der Waals surface area contributed by atoms with E-state index in [0.29, 0.717) is 5.69 Å². The first kappa shape index (κ1) is 11.9. The molecule has 2 N–H and O–H groups in total. The summed E-state index contributed by atoms with van der Waals surface area (Å²) in [7, 11) is 0. The van der Waals surface area contributed by atoms with Gasteiger partial charge in [-0.2, -0.15) is 0 Å². The van der Waals surface area contributed by atoms with Gasteiger partial charge in [0, 0.05) is 24.7 Å². The lowest BCUT2D eigenvalue weighted by atomic mass is 9.98. The third kappa shape index (κ3) is 2.39. The molecule has 1 aromatic rings. The van der Waals surface area contributed by atoms with Crippen LogP contribution in [-0.2, 0) is 0 Å². The summed E-state index contributed by atoms with van der Waals surface area (Å²) in [6.07, 6.45) is 1.77. The number of rotatable bonds is 2. The first-order chi connectivity index (χ1) is 8.09. The molecule has 1 fully saturated rings. The van der Waals surface area contributed by atoms with Crippen molar-refractivity contribution in [2.24, 2.45) is 5.73 Å². The third-order valence-electron chi connectivity index (χ3n) is 3.30. The lowest BCUT2D eigenvalue weighted by Gasteiger charge is -2.37. The van der Waals surface area contributed by atoms with Gasteiger partial charge in [0.05, 0.1) is 4.92 Å². The summed E-state index contributed by atoms with van der Waals surface area (Å²) in [5.41, 5.74) is 6.78.